The van der Waals surface area contributed by atoms with E-state index in [9.17, 15) is 4.79 Å². The molecular formula is C19H32O2. The lowest BCUT2D eigenvalue weighted by Gasteiger charge is -1.99. The van der Waals surface area contributed by atoms with Crippen LogP contribution in [0, 0.1) is 11.8 Å². The van der Waals surface area contributed by atoms with E-state index >= 15 is 0 Å². The first kappa shape index (κ1) is 19.8. The molecule has 0 saturated carbocycles. The number of unbranched alkanes of at least 4 members (excludes halogenated alkanes) is 10. The maximum Gasteiger partial charge on any atom is 0.305 e. The van der Waals surface area contributed by atoms with E-state index in [-0.39, 0.29) is 5.97 Å². The SMILES string of the molecule is C=CCCCCCCC#CCCCCCCCC(=O)OC. The summed E-state index contributed by atoms with van der Waals surface area (Å²) in [5, 5.41) is 0. The van der Waals surface area contributed by atoms with Crippen molar-refractivity contribution in [1.82, 2.24) is 0 Å². The lowest BCUT2D eigenvalue weighted by atomic mass is 10.1. The summed E-state index contributed by atoms with van der Waals surface area (Å²) in [6.07, 6.45) is 16.5. The van der Waals surface area contributed by atoms with Crippen LogP contribution >= 0.6 is 0 Å². The average Bonchev–Trinajstić information content (AvgIpc) is 2.50. The number of hydrogen-bond donors (Lipinski definition) is 0. The Hall–Kier alpha value is -1.23. The maximum atomic E-state index is 10.9. The third-order valence-corrected chi connectivity index (χ3v) is 3.50. The number of carbonyl (C=O) groups is 1. The third kappa shape index (κ3) is 16.7. The molecule has 120 valence electrons. The van der Waals surface area contributed by atoms with Gasteiger partial charge in [-0.15, -0.1) is 18.4 Å². The Balaban J connectivity index is 3.16. The van der Waals surface area contributed by atoms with Crippen LogP contribution in [0.4, 0.5) is 0 Å². The van der Waals surface area contributed by atoms with E-state index in [4.69, 9.17) is 0 Å². The highest BCUT2D eigenvalue weighted by molar-refractivity contribution is 5.68. The second kappa shape index (κ2) is 16.8. The molecule has 0 saturated heterocycles. The summed E-state index contributed by atoms with van der Waals surface area (Å²) in [6.45, 7) is 3.73. The van der Waals surface area contributed by atoms with Gasteiger partial charge in [-0.25, -0.2) is 0 Å². The Morgan fingerprint density at radius 3 is 2.00 bits per heavy atom. The Labute approximate surface area is 131 Å². The Morgan fingerprint density at radius 2 is 1.43 bits per heavy atom. The molecule has 0 unspecified atom stereocenters. The number of carbonyl (C=O) groups excluding carboxylic acids is 1. The lowest BCUT2D eigenvalue weighted by Crippen LogP contribution is -1.99. The summed E-state index contributed by atoms with van der Waals surface area (Å²) < 4.78 is 4.61. The van der Waals surface area contributed by atoms with Crippen LogP contribution in [0.2, 0.25) is 0 Å². The largest absolute Gasteiger partial charge is 0.469 e. The van der Waals surface area contributed by atoms with Gasteiger partial charge >= 0.3 is 5.97 Å². The lowest BCUT2D eigenvalue weighted by molar-refractivity contribution is -0.140. The summed E-state index contributed by atoms with van der Waals surface area (Å²) in [4.78, 5) is 10.9. The van der Waals surface area contributed by atoms with Crippen LogP contribution in [0.3, 0.4) is 0 Å². The molecule has 2 nitrogen and oxygen atoms in total. The van der Waals surface area contributed by atoms with Gasteiger partial charge in [0.05, 0.1) is 7.11 Å². The Kier molecular flexibility index (Phi) is 15.8. The molecule has 0 radical (unpaired) electrons. The molecule has 0 rings (SSSR count). The molecule has 0 aliphatic heterocycles. The van der Waals surface area contributed by atoms with Gasteiger partial charge in [0.15, 0.2) is 0 Å². The van der Waals surface area contributed by atoms with E-state index in [1.165, 1.54) is 52.1 Å². The van der Waals surface area contributed by atoms with Crippen molar-refractivity contribution in [2.75, 3.05) is 7.11 Å². The van der Waals surface area contributed by atoms with E-state index in [0.29, 0.717) is 6.42 Å². The van der Waals surface area contributed by atoms with Crippen LogP contribution < -0.4 is 0 Å². The van der Waals surface area contributed by atoms with Gasteiger partial charge in [-0.3, -0.25) is 4.79 Å². The second-order valence-electron chi connectivity index (χ2n) is 5.44. The minimum atomic E-state index is -0.0923. The Morgan fingerprint density at radius 1 is 0.905 bits per heavy atom. The molecule has 0 atom stereocenters. The summed E-state index contributed by atoms with van der Waals surface area (Å²) in [5.41, 5.74) is 0. The molecule has 0 bridgehead atoms. The summed E-state index contributed by atoms with van der Waals surface area (Å²) in [5.74, 6) is 6.44. The van der Waals surface area contributed by atoms with Crippen LogP contribution in [0.1, 0.15) is 83.5 Å². The minimum Gasteiger partial charge on any atom is -0.469 e. The smallest absolute Gasteiger partial charge is 0.305 e. The van der Waals surface area contributed by atoms with Crippen LogP contribution in [-0.2, 0) is 9.53 Å². The molecule has 2 heteroatoms. The minimum absolute atomic E-state index is 0.0923. The molecule has 0 fully saturated rings. The van der Waals surface area contributed by atoms with Gasteiger partial charge < -0.3 is 4.74 Å². The molecule has 0 aliphatic rings. The molecule has 0 heterocycles. The first-order valence-electron chi connectivity index (χ1n) is 8.44. The Bertz CT molecular complexity index is 309. The highest BCUT2D eigenvalue weighted by Crippen LogP contribution is 2.08. The molecule has 21 heavy (non-hydrogen) atoms. The van der Waals surface area contributed by atoms with Crippen LogP contribution in [0.25, 0.3) is 0 Å². The monoisotopic (exact) mass is 292 g/mol. The van der Waals surface area contributed by atoms with E-state index in [0.717, 1.165) is 32.1 Å². The summed E-state index contributed by atoms with van der Waals surface area (Å²) in [7, 11) is 1.45. The van der Waals surface area contributed by atoms with Gasteiger partial charge in [-0.05, 0) is 32.1 Å². The number of rotatable bonds is 13. The number of ether oxygens (including phenoxy) is 1. The zero-order valence-corrected chi connectivity index (χ0v) is 13.8. The van der Waals surface area contributed by atoms with Crippen LogP contribution in [0.5, 0.6) is 0 Å². The van der Waals surface area contributed by atoms with Gasteiger partial charge in [-0.1, -0.05) is 38.2 Å². The van der Waals surface area contributed by atoms with Gasteiger partial charge in [0.2, 0.25) is 0 Å². The van der Waals surface area contributed by atoms with Crippen molar-refractivity contribution < 1.29 is 9.53 Å². The molecule has 0 aliphatic carbocycles. The summed E-state index contributed by atoms with van der Waals surface area (Å²) in [6, 6.07) is 0. The zero-order chi connectivity index (χ0) is 15.6. The molecule has 0 N–H and O–H groups in total. The maximum absolute atomic E-state index is 10.9. The van der Waals surface area contributed by atoms with E-state index < -0.39 is 0 Å². The first-order valence-corrected chi connectivity index (χ1v) is 8.44. The third-order valence-electron chi connectivity index (χ3n) is 3.50. The van der Waals surface area contributed by atoms with Gasteiger partial charge in [0.1, 0.15) is 0 Å². The van der Waals surface area contributed by atoms with Gasteiger partial charge in [0.25, 0.3) is 0 Å². The molecule has 0 aromatic carbocycles. The standard InChI is InChI=1S/C19H32O2/c1-3-4-5-6-7-8-9-10-11-12-13-14-15-16-17-18-19(20)21-2/h3H,1,4-9,12-18H2,2H3. The van der Waals surface area contributed by atoms with Crippen molar-refractivity contribution in [3.8, 4) is 11.8 Å². The average molecular weight is 292 g/mol. The number of methoxy groups -OCH3 is 1. The fourth-order valence-corrected chi connectivity index (χ4v) is 2.15. The molecular weight excluding hydrogens is 260 g/mol. The molecule has 0 aromatic rings. The highest BCUT2D eigenvalue weighted by atomic mass is 16.5. The predicted molar refractivity (Wildman–Crippen MR) is 90.0 cm³/mol. The van der Waals surface area contributed by atoms with Gasteiger partial charge in [0, 0.05) is 19.3 Å². The number of esters is 1. The van der Waals surface area contributed by atoms with Crippen LogP contribution in [-0.4, -0.2) is 13.1 Å². The number of hydrogen-bond acceptors (Lipinski definition) is 2. The van der Waals surface area contributed by atoms with Crippen molar-refractivity contribution in [2.24, 2.45) is 0 Å². The highest BCUT2D eigenvalue weighted by Gasteiger charge is 1.98. The van der Waals surface area contributed by atoms with E-state index in [2.05, 4.69) is 23.2 Å². The van der Waals surface area contributed by atoms with Crippen LogP contribution in [0.15, 0.2) is 12.7 Å². The number of allylic oxidation sites excluding steroid dienone is 1. The molecule has 0 aromatic heterocycles. The van der Waals surface area contributed by atoms with E-state index in [1.54, 1.807) is 0 Å². The van der Waals surface area contributed by atoms with Crippen molar-refractivity contribution in [3.63, 3.8) is 0 Å². The topological polar surface area (TPSA) is 26.3 Å². The van der Waals surface area contributed by atoms with Crippen molar-refractivity contribution in [2.45, 2.75) is 83.5 Å². The van der Waals surface area contributed by atoms with Crippen molar-refractivity contribution in [3.05, 3.63) is 12.7 Å². The van der Waals surface area contributed by atoms with Crippen molar-refractivity contribution in [1.29, 1.82) is 0 Å². The second-order valence-corrected chi connectivity index (χ2v) is 5.44. The first-order chi connectivity index (χ1) is 10.3. The summed E-state index contributed by atoms with van der Waals surface area (Å²) >= 11 is 0. The molecule has 0 spiro atoms. The van der Waals surface area contributed by atoms with Gasteiger partial charge in [-0.2, -0.15) is 0 Å². The quantitative estimate of drug-likeness (QED) is 0.196. The predicted octanol–water partition coefficient (Wildman–Crippen LogP) is 5.42. The fraction of sp³-hybridized carbons (Fsp3) is 0.737. The normalized spacial score (nSPS) is 9.76. The van der Waals surface area contributed by atoms with Crippen molar-refractivity contribution >= 4 is 5.97 Å². The fourth-order valence-electron chi connectivity index (χ4n) is 2.15. The molecule has 0 amide bonds. The van der Waals surface area contributed by atoms with E-state index in [1.807, 2.05) is 6.08 Å². The zero-order valence-electron chi connectivity index (χ0n) is 13.8.